The number of hydrogen-bond donors (Lipinski definition) is 24. The van der Waals surface area contributed by atoms with Crippen molar-refractivity contribution in [3.8, 4) is 80.1 Å². The predicted octanol–water partition coefficient (Wildman–Crippen LogP) is 3.10. The van der Waals surface area contributed by atoms with Gasteiger partial charge in [0.2, 0.25) is 65.6 Å². The number of carboxylic acid groups (broad SMARTS) is 1. The van der Waals surface area contributed by atoms with Crippen molar-refractivity contribution < 1.29 is 157 Å². The number of nitrogens with zero attached hydrogens (tertiary/aromatic N) is 3. The van der Waals surface area contributed by atoms with Crippen molar-refractivity contribution >= 4 is 76.4 Å². The smallest absolute Gasteiger partial charge is 0.330 e. The average Bonchev–Trinajstić information content (AvgIpc) is 0.752. The van der Waals surface area contributed by atoms with Gasteiger partial charge in [0.15, 0.2) is 35.3 Å². The highest BCUT2D eigenvalue weighted by Crippen LogP contribution is 2.51. The summed E-state index contributed by atoms with van der Waals surface area (Å²) in [6.07, 6.45) is -23.7. The van der Waals surface area contributed by atoms with Crippen molar-refractivity contribution in [1.82, 2.24) is 47.9 Å². The molecule has 9 aliphatic rings. The Morgan fingerprint density at radius 1 is 0.543 bits per heavy atom. The number of rotatable bonds is 26. The average molecular weight is 1990 g/mol. The molecule has 0 spiro atoms. The summed E-state index contributed by atoms with van der Waals surface area (Å²) >= 11 is 14.9. The summed E-state index contributed by atoms with van der Waals surface area (Å²) in [6.45, 7) is 3.26. The maximum Gasteiger partial charge on any atom is 0.330 e. The van der Waals surface area contributed by atoms with Gasteiger partial charge >= 0.3 is 5.97 Å². The lowest BCUT2D eigenvalue weighted by molar-refractivity contribution is -0.284. The zero-order valence-corrected chi connectivity index (χ0v) is 76.7. The second kappa shape index (κ2) is 45.2. The second-order valence-corrected chi connectivity index (χ2v) is 36.0. The molecular formula is C93H107Cl2N13O32. The maximum absolute atomic E-state index is 17.2. The Labute approximate surface area is 807 Å². The van der Waals surface area contributed by atoms with E-state index in [0.717, 1.165) is 111 Å². The van der Waals surface area contributed by atoms with E-state index in [1.807, 2.05) is 0 Å². The van der Waals surface area contributed by atoms with E-state index in [0.29, 0.717) is 38.0 Å². The molecule has 9 aliphatic heterocycles. The number of phenols is 4. The first kappa shape index (κ1) is 103. The third-order valence-corrected chi connectivity index (χ3v) is 25.3. The zero-order valence-electron chi connectivity index (χ0n) is 75.2. The van der Waals surface area contributed by atoms with Gasteiger partial charge in [-0.1, -0.05) is 98.5 Å². The highest BCUT2D eigenvalue weighted by molar-refractivity contribution is 6.32. The molecule has 0 aliphatic carbocycles. The van der Waals surface area contributed by atoms with Crippen molar-refractivity contribution in [2.24, 2.45) is 16.8 Å². The lowest BCUT2D eigenvalue weighted by atomic mass is 9.89. The Balaban J connectivity index is 1.03. The molecule has 17 bridgehead atoms. The fourth-order valence-corrected chi connectivity index (χ4v) is 17.9. The molecule has 7 aromatic rings. The quantitative estimate of drug-likeness (QED) is 0.0160. The number of ether oxygens (including phenoxy) is 9. The van der Waals surface area contributed by atoms with Crippen LogP contribution < -0.4 is 77.3 Å². The minimum Gasteiger partial charge on any atom is -0.508 e. The molecule has 0 saturated carbocycles. The number of aromatic hydroxyl groups is 4. The fourth-order valence-electron chi connectivity index (χ4n) is 17.4. The highest BCUT2D eigenvalue weighted by Gasteiger charge is 2.53. The van der Waals surface area contributed by atoms with Crippen LogP contribution >= 0.6 is 23.2 Å². The van der Waals surface area contributed by atoms with Crippen LogP contribution in [0.5, 0.6) is 69.0 Å². The number of phenolic OH excluding ortho intramolecular Hbond substituents is 4. The number of nitrogens with two attached hydrogens (primary N) is 1. The van der Waals surface area contributed by atoms with Gasteiger partial charge in [0, 0.05) is 66.6 Å². The number of benzene rings is 7. The number of aliphatic hydroxyl groups is 9. The first-order chi connectivity index (χ1) is 66.9. The summed E-state index contributed by atoms with van der Waals surface area (Å²) in [5.74, 6) is -18.9. The molecule has 23 atom stereocenters. The Morgan fingerprint density at radius 3 is 1.79 bits per heavy atom. The maximum atomic E-state index is 17.2. The summed E-state index contributed by atoms with van der Waals surface area (Å²) < 4.78 is 58.5. The standard InChI is InChI=1S/C93H107Cl2N13O32/c1-38(2)11-7-4-5-8-12-65(116)102-73-79(121)75(117)62(35-98-21-9-6-10-22-99-108-97)136-92(73)140-83-60-30-45-31-61(83)134-57-20-16-43(28-52(57)95)82(139-91-72(100-39(3)111)78(120)76(118)63(36-109)137-91)74-89(129)106-71(90(130)131)50-33-47(113)34-59(135-93-81(123)80(122)77(119)64(37-110)138-93)66(50)49-27-42(15-17-54(49)114)68(86(126)107-74)104-88(128)70(45)105-87(127)69-44-25-46(112)32-48(26-44)132-58-29-41(14-18-55(58)115)67(96)85(125)101-53(84(124)103-69)24-40-13-19-56(133-60)51(94)23-40/h13-20,23,25-34,38,53,62-64,67-82,91-93,98,109-110,112-115,117-123H,4-12,21-22,24,35-37,96H2,1-3H3,(H,100,111)(H,101,125)(H,102,116)(H,103,124)(H,104,128)(H,105,127)(H,106,129)(H,107,126)(H,130,131)/t53-,62-,63-,64-,67-,68-,69+,70-,71+,72-,73-,74+,75-,76-,77-,78-,79-,80+,81+,82-,91+,92+,93+/m1/s1. The van der Waals surface area contributed by atoms with E-state index in [-0.39, 0.29) is 65.0 Å². The first-order valence-corrected chi connectivity index (χ1v) is 45.8. The van der Waals surface area contributed by atoms with Crippen LogP contribution in [0.25, 0.3) is 21.6 Å². The molecule has 25 N–H and O–H groups in total. The van der Waals surface area contributed by atoms with Crippen LogP contribution in [-0.2, 0) is 68.5 Å². The van der Waals surface area contributed by atoms with Crippen LogP contribution in [0.2, 0.25) is 10.0 Å². The monoisotopic (exact) mass is 1990 g/mol. The summed E-state index contributed by atoms with van der Waals surface area (Å²) in [5.41, 5.74) is 11.8. The Kier molecular flexibility index (Phi) is 33.3. The van der Waals surface area contributed by atoms with Crippen molar-refractivity contribution in [3.05, 3.63) is 175 Å². The Morgan fingerprint density at radius 2 is 1.13 bits per heavy atom. The first-order valence-electron chi connectivity index (χ1n) is 45.1. The lowest BCUT2D eigenvalue weighted by Gasteiger charge is -2.44. The number of amides is 8. The highest BCUT2D eigenvalue weighted by atomic mass is 35.5. The van der Waals surface area contributed by atoms with E-state index in [9.17, 15) is 90.7 Å². The van der Waals surface area contributed by atoms with Crippen LogP contribution in [0.3, 0.4) is 0 Å². The van der Waals surface area contributed by atoms with Crippen molar-refractivity contribution in [2.75, 3.05) is 32.8 Å². The molecule has 8 amide bonds. The Hall–Kier alpha value is -12.7. The molecule has 750 valence electrons. The summed E-state index contributed by atoms with van der Waals surface area (Å²) in [7, 11) is 0. The number of nitrogens with one attached hydrogen (secondary N) is 9. The number of azide groups is 1. The summed E-state index contributed by atoms with van der Waals surface area (Å²) in [5, 5.41) is 188. The molecule has 140 heavy (non-hydrogen) atoms. The second-order valence-electron chi connectivity index (χ2n) is 35.2. The number of carboxylic acids is 1. The molecule has 0 aromatic heterocycles. The topological polar surface area (TPSA) is 703 Å². The predicted molar refractivity (Wildman–Crippen MR) is 487 cm³/mol. The minimum absolute atomic E-state index is 0.0281. The SMILES string of the molecule is CC(=O)N[C@H]1[C@H](O[C@@H]2c3ccc(c(Cl)c3)Oc3cc4cc(c3O[C@@H]3O[C@H](CNCCCCCN=[N+]=[N-])[C@@H](O)[C@H](O)[C@H]3NC(=O)CCCCCCC(C)C)Oc3ccc(cc3Cl)C[C@H]3NC(=O)[C@H](N)c5ccc(O)c(c5)Oc5cc(O)cc(c5)[C@H](NC3=O)C(=O)N[C@H]4C(=O)N[C@H]3C(=O)N[C@@H]2C(=O)N[C@H](C(=O)O)c2cc(O)cc(O[C@H]4O[C@H](CO)[C@@H](O)[C@H](O)[C@@H]4O)c2-c2cc3ccc2O)O[C@H](CO)[C@@H](O)[C@@H]1O. The summed E-state index contributed by atoms with van der Waals surface area (Å²) in [4.78, 5) is 142. The van der Waals surface area contributed by atoms with Crippen LogP contribution in [0.15, 0.2) is 120 Å². The number of carbonyl (C=O) groups is 9. The number of aliphatic carboxylic acids is 1. The molecule has 45 nitrogen and oxygen atoms in total. The summed E-state index contributed by atoms with van der Waals surface area (Å²) in [6, 6.07) is 0.966. The van der Waals surface area contributed by atoms with E-state index >= 15 is 24.0 Å². The van der Waals surface area contributed by atoms with E-state index in [1.54, 1.807) is 0 Å². The number of halogens is 2. The van der Waals surface area contributed by atoms with E-state index < -0.39 is 303 Å². The molecule has 3 fully saturated rings. The van der Waals surface area contributed by atoms with Gasteiger partial charge in [-0.25, -0.2) is 4.79 Å². The van der Waals surface area contributed by atoms with Gasteiger partial charge in [-0.05, 0) is 149 Å². The van der Waals surface area contributed by atoms with Crippen LogP contribution in [0.4, 0.5) is 0 Å². The normalized spacial score (nSPS) is 27.8. The van der Waals surface area contributed by atoms with Gasteiger partial charge < -0.3 is 168 Å². The number of fused-ring (bicyclic) bond motifs is 14. The van der Waals surface area contributed by atoms with Gasteiger partial charge in [0.25, 0.3) is 0 Å². The molecule has 47 heteroatoms. The van der Waals surface area contributed by atoms with E-state index in [4.69, 9.17) is 77.1 Å². The lowest BCUT2D eigenvalue weighted by Crippen LogP contribution is -2.66. The van der Waals surface area contributed by atoms with E-state index in [2.05, 4.69) is 71.7 Å². The van der Waals surface area contributed by atoms with Crippen molar-refractivity contribution in [2.45, 2.75) is 225 Å². The third-order valence-electron chi connectivity index (χ3n) is 24.7. The van der Waals surface area contributed by atoms with Crippen molar-refractivity contribution in [1.29, 1.82) is 0 Å². The fraction of sp³-hybridized carbons (Fsp3) is 0.452. The van der Waals surface area contributed by atoms with Gasteiger partial charge in [0.1, 0.15) is 156 Å². The van der Waals surface area contributed by atoms with Crippen LogP contribution in [0, 0.1) is 5.92 Å². The molecular weight excluding hydrogens is 1880 g/mol. The van der Waals surface area contributed by atoms with Crippen LogP contribution in [-0.4, -0.2) is 262 Å². The van der Waals surface area contributed by atoms with Gasteiger partial charge in [-0.3, -0.25) is 38.4 Å². The van der Waals surface area contributed by atoms with Crippen LogP contribution in [0.1, 0.15) is 154 Å². The molecule has 0 radical (unpaired) electrons. The zero-order chi connectivity index (χ0) is 101. The van der Waals surface area contributed by atoms with Crippen molar-refractivity contribution in [3.63, 3.8) is 0 Å². The van der Waals surface area contributed by atoms with Gasteiger partial charge in [0.05, 0.1) is 23.3 Å². The number of carbonyl (C=O) groups excluding carboxylic acids is 8. The Bertz CT molecular complexity index is 5840. The number of aliphatic hydroxyl groups excluding tert-OH is 9. The molecule has 16 rings (SSSR count). The van der Waals surface area contributed by atoms with Gasteiger partial charge in [-0.15, -0.1) is 0 Å². The molecule has 3 saturated heterocycles. The largest absolute Gasteiger partial charge is 0.508 e. The number of hydrogen-bond acceptors (Lipinski definition) is 34. The minimum atomic E-state index is -2.59. The van der Waals surface area contributed by atoms with E-state index in [1.165, 1.54) is 30.3 Å². The third kappa shape index (κ3) is 23.6. The molecule has 7 aromatic carbocycles. The van der Waals surface area contributed by atoms with Gasteiger partial charge in [-0.2, -0.15) is 0 Å². The number of unbranched alkanes of at least 4 members (excludes halogenated alkanes) is 5. The molecule has 9 heterocycles. The molecule has 0 unspecified atom stereocenters.